The molecule has 0 radical (unpaired) electrons. The van der Waals surface area contributed by atoms with Gasteiger partial charge in [0.15, 0.2) is 5.84 Å². The fraction of sp³-hybridized carbons (Fsp3) is 0.269. The van der Waals surface area contributed by atoms with Gasteiger partial charge in [-0.2, -0.15) is 0 Å². The van der Waals surface area contributed by atoms with Crippen molar-refractivity contribution in [2.45, 2.75) is 25.4 Å². The summed E-state index contributed by atoms with van der Waals surface area (Å²) in [5.74, 6) is 1.06. The second-order valence-corrected chi connectivity index (χ2v) is 8.12. The van der Waals surface area contributed by atoms with E-state index in [-0.39, 0.29) is 0 Å². The molecule has 0 amide bonds. The number of nitrogens with zero attached hydrogens (tertiary/aromatic N) is 4. The molecule has 0 bridgehead atoms. The molecule has 30 heavy (non-hydrogen) atoms. The molecule has 0 spiro atoms. The van der Waals surface area contributed by atoms with Crippen molar-refractivity contribution in [3.8, 4) is 0 Å². The van der Waals surface area contributed by atoms with Gasteiger partial charge in [-0.3, -0.25) is 5.01 Å². The van der Waals surface area contributed by atoms with Crippen LogP contribution in [0.1, 0.15) is 24.0 Å². The summed E-state index contributed by atoms with van der Waals surface area (Å²) in [6.07, 6.45) is 2.29. The lowest BCUT2D eigenvalue weighted by molar-refractivity contribution is 0.0129. The maximum Gasteiger partial charge on any atom is 0.151 e. The number of hydrogen-bond acceptors (Lipinski definition) is 4. The average molecular weight is 397 g/mol. The van der Waals surface area contributed by atoms with Crippen LogP contribution in [0, 0.1) is 0 Å². The molecule has 0 saturated carbocycles. The van der Waals surface area contributed by atoms with E-state index < -0.39 is 0 Å². The molecule has 152 valence electrons. The summed E-state index contributed by atoms with van der Waals surface area (Å²) in [5, 5.41) is 4.90. The zero-order valence-corrected chi connectivity index (χ0v) is 17.5. The normalized spacial score (nSPS) is 17.4. The molecule has 5 rings (SSSR count). The maximum atomic E-state index is 5.06. The fourth-order valence-corrected chi connectivity index (χ4v) is 4.55. The molecule has 0 N–H and O–H groups in total. The van der Waals surface area contributed by atoms with E-state index in [0.29, 0.717) is 6.04 Å². The van der Waals surface area contributed by atoms with E-state index in [4.69, 9.17) is 4.99 Å². The second-order valence-electron chi connectivity index (χ2n) is 8.12. The molecule has 0 aliphatic carbocycles. The Morgan fingerprint density at radius 1 is 0.800 bits per heavy atom. The summed E-state index contributed by atoms with van der Waals surface area (Å²) in [4.78, 5) is 7.50. The zero-order chi connectivity index (χ0) is 20.3. The molecule has 0 unspecified atom stereocenters. The SMILES string of the molecule is CN(c1ccccc1)C1CCN(N2Cc3ccccc3N=C2c2ccccc2)CC1. The minimum Gasteiger partial charge on any atom is -0.372 e. The predicted molar refractivity (Wildman–Crippen MR) is 124 cm³/mol. The number of aliphatic imine (C=N–C) groups is 1. The van der Waals surface area contributed by atoms with E-state index in [1.54, 1.807) is 0 Å². The topological polar surface area (TPSA) is 22.1 Å². The van der Waals surface area contributed by atoms with Crippen molar-refractivity contribution in [1.29, 1.82) is 0 Å². The largest absolute Gasteiger partial charge is 0.372 e. The summed E-state index contributed by atoms with van der Waals surface area (Å²) in [6.45, 7) is 2.95. The summed E-state index contributed by atoms with van der Waals surface area (Å²) >= 11 is 0. The van der Waals surface area contributed by atoms with Gasteiger partial charge in [-0.1, -0.05) is 66.7 Å². The third-order valence-corrected chi connectivity index (χ3v) is 6.31. The van der Waals surface area contributed by atoms with E-state index in [1.807, 2.05) is 0 Å². The van der Waals surface area contributed by atoms with Crippen LogP contribution in [0.25, 0.3) is 0 Å². The molecule has 2 aliphatic heterocycles. The number of rotatable bonds is 4. The first-order valence-electron chi connectivity index (χ1n) is 10.8. The molecule has 4 heteroatoms. The highest BCUT2D eigenvalue weighted by Crippen LogP contribution is 2.31. The van der Waals surface area contributed by atoms with Crippen LogP contribution in [0.3, 0.4) is 0 Å². The van der Waals surface area contributed by atoms with Crippen molar-refractivity contribution in [2.24, 2.45) is 4.99 Å². The van der Waals surface area contributed by atoms with Gasteiger partial charge in [-0.25, -0.2) is 10.0 Å². The van der Waals surface area contributed by atoms with E-state index in [0.717, 1.165) is 44.0 Å². The monoisotopic (exact) mass is 396 g/mol. The highest BCUT2D eigenvalue weighted by molar-refractivity contribution is 6.01. The predicted octanol–water partition coefficient (Wildman–Crippen LogP) is 5.10. The van der Waals surface area contributed by atoms with E-state index in [1.165, 1.54) is 16.8 Å². The Balaban J connectivity index is 1.36. The molecule has 3 aromatic rings. The lowest BCUT2D eigenvalue weighted by atomic mass is 10.0. The molecule has 3 aromatic carbocycles. The lowest BCUT2D eigenvalue weighted by Gasteiger charge is -2.44. The molecule has 1 saturated heterocycles. The fourth-order valence-electron chi connectivity index (χ4n) is 4.55. The van der Waals surface area contributed by atoms with E-state index in [2.05, 4.69) is 107 Å². The van der Waals surface area contributed by atoms with Gasteiger partial charge in [0.2, 0.25) is 0 Å². The molecular weight excluding hydrogens is 368 g/mol. The molecular formula is C26H28N4. The van der Waals surface area contributed by atoms with Crippen LogP contribution >= 0.6 is 0 Å². The number of anilines is 1. The van der Waals surface area contributed by atoms with Gasteiger partial charge >= 0.3 is 0 Å². The molecule has 4 nitrogen and oxygen atoms in total. The third kappa shape index (κ3) is 3.71. The van der Waals surface area contributed by atoms with E-state index >= 15 is 0 Å². The number of amidine groups is 1. The van der Waals surface area contributed by atoms with Crippen LogP contribution in [0.2, 0.25) is 0 Å². The number of fused-ring (bicyclic) bond motifs is 1. The van der Waals surface area contributed by atoms with Gasteiger partial charge in [-0.15, -0.1) is 0 Å². The van der Waals surface area contributed by atoms with Crippen molar-refractivity contribution in [3.63, 3.8) is 0 Å². The first-order chi connectivity index (χ1) is 14.8. The van der Waals surface area contributed by atoms with Crippen molar-refractivity contribution in [2.75, 3.05) is 25.0 Å². The third-order valence-electron chi connectivity index (χ3n) is 6.31. The number of para-hydroxylation sites is 2. The van der Waals surface area contributed by atoms with Crippen molar-refractivity contribution in [1.82, 2.24) is 10.0 Å². The Labute approximate surface area is 179 Å². The van der Waals surface area contributed by atoms with Crippen LogP contribution in [0.5, 0.6) is 0 Å². The van der Waals surface area contributed by atoms with Gasteiger partial charge in [-0.05, 0) is 36.6 Å². The van der Waals surface area contributed by atoms with Crippen LogP contribution in [0.15, 0.2) is 89.9 Å². The second kappa shape index (κ2) is 8.33. The summed E-state index contributed by atoms with van der Waals surface area (Å²) in [6, 6.07) is 30.4. The van der Waals surface area contributed by atoms with Crippen LogP contribution in [-0.2, 0) is 6.54 Å². The number of piperidine rings is 1. The number of benzene rings is 3. The highest BCUT2D eigenvalue weighted by atomic mass is 15.6. The van der Waals surface area contributed by atoms with Crippen molar-refractivity contribution < 1.29 is 0 Å². The van der Waals surface area contributed by atoms with Gasteiger partial charge in [0.25, 0.3) is 0 Å². The molecule has 1 fully saturated rings. The molecule has 0 atom stereocenters. The number of hydrazine groups is 1. The summed E-state index contributed by atoms with van der Waals surface area (Å²) in [7, 11) is 2.23. The summed E-state index contributed by atoms with van der Waals surface area (Å²) < 4.78 is 0. The lowest BCUT2D eigenvalue weighted by Crippen LogP contribution is -2.53. The van der Waals surface area contributed by atoms with Gasteiger partial charge < -0.3 is 4.90 Å². The van der Waals surface area contributed by atoms with Gasteiger partial charge in [0.1, 0.15) is 0 Å². The zero-order valence-electron chi connectivity index (χ0n) is 17.5. The van der Waals surface area contributed by atoms with Crippen LogP contribution < -0.4 is 4.90 Å². The summed E-state index contributed by atoms with van der Waals surface area (Å²) in [5.41, 5.74) is 4.86. The van der Waals surface area contributed by atoms with E-state index in [9.17, 15) is 0 Å². The average Bonchev–Trinajstić information content (AvgIpc) is 2.84. The Bertz CT molecular complexity index is 1010. The van der Waals surface area contributed by atoms with Crippen molar-refractivity contribution in [3.05, 3.63) is 96.1 Å². The first kappa shape index (κ1) is 18.9. The quantitative estimate of drug-likeness (QED) is 0.613. The van der Waals surface area contributed by atoms with Gasteiger partial charge in [0, 0.05) is 37.4 Å². The smallest absolute Gasteiger partial charge is 0.151 e. The Kier molecular flexibility index (Phi) is 5.24. The first-order valence-corrected chi connectivity index (χ1v) is 10.8. The highest BCUT2D eigenvalue weighted by Gasteiger charge is 2.30. The maximum absolute atomic E-state index is 5.06. The minimum atomic E-state index is 0.567. The van der Waals surface area contributed by atoms with Crippen LogP contribution in [0.4, 0.5) is 11.4 Å². The number of hydrogen-bond donors (Lipinski definition) is 0. The standard InChI is InChI=1S/C26H28N4/c1-28(23-13-6-3-7-14-23)24-16-18-29(19-17-24)30-20-22-12-8-9-15-25(22)27-26(30)21-10-4-2-5-11-21/h2-15,24H,16-20H2,1H3. The van der Waals surface area contributed by atoms with Gasteiger partial charge in [0.05, 0.1) is 12.2 Å². The molecule has 0 aromatic heterocycles. The molecule has 2 heterocycles. The Hall–Kier alpha value is -3.11. The van der Waals surface area contributed by atoms with Crippen molar-refractivity contribution >= 4 is 17.2 Å². The Morgan fingerprint density at radius 3 is 2.17 bits per heavy atom. The molecule has 2 aliphatic rings. The van der Waals surface area contributed by atoms with Crippen LogP contribution in [-0.4, -0.2) is 42.0 Å². The minimum absolute atomic E-state index is 0.567. The Morgan fingerprint density at radius 2 is 1.43 bits per heavy atom.